The smallest absolute Gasteiger partial charge is 0.249 e. The van der Waals surface area contributed by atoms with Gasteiger partial charge in [-0.3, -0.25) is 0 Å². The van der Waals surface area contributed by atoms with E-state index < -0.39 is 8.07 Å². The van der Waals surface area contributed by atoms with Gasteiger partial charge in [0.25, 0.3) is 0 Å². The van der Waals surface area contributed by atoms with Crippen molar-refractivity contribution in [3.8, 4) is 0 Å². The first-order chi connectivity index (χ1) is 29.5. The maximum Gasteiger partial charge on any atom is 0.249 e. The Labute approximate surface area is 367 Å². The van der Waals surface area contributed by atoms with Crippen molar-refractivity contribution in [3.05, 3.63) is 199 Å². The molecule has 0 amide bonds. The quantitative estimate of drug-likeness (QED) is 0.154. The van der Waals surface area contributed by atoms with Crippen molar-refractivity contribution in [2.45, 2.75) is 62.2 Å². The summed E-state index contributed by atoms with van der Waals surface area (Å²) in [6.45, 7) is 14.2. The zero-order valence-corrected chi connectivity index (χ0v) is 37.6. The van der Waals surface area contributed by atoms with Gasteiger partial charge in [0.2, 0.25) is 6.71 Å². The summed E-state index contributed by atoms with van der Waals surface area (Å²) in [6, 6.07) is 71.6. The molecule has 0 radical (unpaired) electrons. The van der Waals surface area contributed by atoms with Crippen LogP contribution in [0, 0.1) is 0 Å². The first kappa shape index (κ1) is 38.0. The van der Waals surface area contributed by atoms with E-state index in [4.69, 9.17) is 0 Å². The van der Waals surface area contributed by atoms with Crippen LogP contribution in [0.15, 0.2) is 198 Å². The lowest BCUT2D eigenvalue weighted by Gasteiger charge is -2.49. The van der Waals surface area contributed by atoms with Gasteiger partial charge in [0.1, 0.15) is 0 Å². The fraction of sp³-hybridized carbons (Fsp3) is 0.143. The third-order valence-electron chi connectivity index (χ3n) is 13.2. The first-order valence-electron chi connectivity index (χ1n) is 21.6. The number of nitrogens with zero attached hydrogens (tertiary/aromatic N) is 2. The Balaban J connectivity index is 1.29. The predicted molar refractivity (Wildman–Crippen MR) is 266 cm³/mol. The Morgan fingerprint density at radius 3 is 1.49 bits per heavy atom. The Bertz CT molecular complexity index is 2860. The van der Waals surface area contributed by atoms with E-state index in [2.05, 4.69) is 239 Å². The van der Waals surface area contributed by atoms with Crippen LogP contribution >= 0.6 is 11.8 Å². The number of para-hydroxylation sites is 2. The van der Waals surface area contributed by atoms with Gasteiger partial charge in [-0.2, -0.15) is 0 Å². The first-order valence-corrected chi connectivity index (χ1v) is 24.4. The molecule has 0 atom stereocenters. The van der Waals surface area contributed by atoms with Crippen molar-refractivity contribution < 1.29 is 0 Å². The molecule has 0 aromatic heterocycles. The summed E-state index contributed by atoms with van der Waals surface area (Å²) < 4.78 is 0. The Morgan fingerprint density at radius 1 is 0.443 bits per heavy atom. The molecule has 61 heavy (non-hydrogen) atoms. The van der Waals surface area contributed by atoms with Gasteiger partial charge >= 0.3 is 0 Å². The maximum atomic E-state index is 2.66. The molecule has 3 aliphatic rings. The normalized spacial score (nSPS) is 14.4. The fourth-order valence-electron chi connectivity index (χ4n) is 10.4. The van der Waals surface area contributed by atoms with Crippen LogP contribution in [0.4, 0.5) is 34.1 Å². The van der Waals surface area contributed by atoms with Gasteiger partial charge in [-0.25, -0.2) is 0 Å². The third-order valence-corrected chi connectivity index (χ3v) is 19.3. The highest BCUT2D eigenvalue weighted by atomic mass is 32.2. The van der Waals surface area contributed by atoms with Crippen LogP contribution in [-0.4, -0.2) is 14.8 Å². The van der Waals surface area contributed by atoms with Crippen LogP contribution in [0.3, 0.4) is 0 Å². The summed E-state index contributed by atoms with van der Waals surface area (Å²) in [7, 11) is -2.83. The molecule has 296 valence electrons. The minimum absolute atomic E-state index is 0.0461. The average Bonchev–Trinajstić information content (AvgIpc) is 3.27. The lowest BCUT2D eigenvalue weighted by Crippen LogP contribution is -2.88. The molecule has 0 saturated carbocycles. The van der Waals surface area contributed by atoms with Crippen molar-refractivity contribution in [2.75, 3.05) is 9.80 Å². The SMILES string of the molecule is CC(C)(C)c1cc(N2c3cc(N(c4ccccc4)c4ccccc4)cc4c3B3c5c(cccc5[Si](c5ccccc5)(c5ccccc5)c5cccc2c53)S4)cc(C(C)(C)C)c1. The zero-order valence-electron chi connectivity index (χ0n) is 35.8. The minimum Gasteiger partial charge on any atom is -0.311 e. The van der Waals surface area contributed by atoms with Gasteiger partial charge in [-0.1, -0.05) is 186 Å². The Morgan fingerprint density at radius 2 is 0.951 bits per heavy atom. The summed E-state index contributed by atoms with van der Waals surface area (Å²) in [5.74, 6) is 0. The summed E-state index contributed by atoms with van der Waals surface area (Å²) in [5, 5.41) is 5.86. The van der Waals surface area contributed by atoms with Crippen LogP contribution in [-0.2, 0) is 10.8 Å². The van der Waals surface area contributed by atoms with Crippen molar-refractivity contribution >= 4 is 97.8 Å². The molecular weight excluding hydrogens is 772 g/mol. The van der Waals surface area contributed by atoms with E-state index >= 15 is 0 Å². The zero-order chi connectivity index (χ0) is 41.7. The standard InChI is InChI=1S/C56H49BN2SSi/c1-55(2,3)38-33-39(56(4,5)6)35-42(34-38)59-46-29-19-31-50-53(46)57-52-47(59)36-43(58(40-21-11-7-12-22-40)41-23-13-8-14-24-41)37-49(52)60-48-30-20-32-51(54(48)57)61(50,44-25-15-9-16-26-44)45-27-17-10-18-28-45/h7-37H,1-6H3. The molecular formula is C56H49BN2SSi. The molecule has 0 N–H and O–H groups in total. The largest absolute Gasteiger partial charge is 0.311 e. The van der Waals surface area contributed by atoms with Gasteiger partial charge in [0.05, 0.1) is 0 Å². The third kappa shape index (κ3) is 5.85. The monoisotopic (exact) mass is 820 g/mol. The van der Waals surface area contributed by atoms with E-state index in [0.29, 0.717) is 0 Å². The number of benzene rings is 8. The minimum atomic E-state index is -2.83. The number of rotatable bonds is 6. The van der Waals surface area contributed by atoms with Crippen LogP contribution < -0.4 is 46.9 Å². The van der Waals surface area contributed by atoms with Crippen LogP contribution in [0.5, 0.6) is 0 Å². The lowest BCUT2D eigenvalue weighted by atomic mass is 9.34. The molecule has 8 aromatic carbocycles. The molecule has 0 unspecified atom stereocenters. The van der Waals surface area contributed by atoms with Crippen LogP contribution in [0.25, 0.3) is 0 Å². The van der Waals surface area contributed by atoms with Crippen molar-refractivity contribution in [1.82, 2.24) is 0 Å². The topological polar surface area (TPSA) is 6.48 Å². The molecule has 0 aliphatic carbocycles. The molecule has 2 nitrogen and oxygen atoms in total. The van der Waals surface area contributed by atoms with Gasteiger partial charge in [0, 0.05) is 43.9 Å². The van der Waals surface area contributed by atoms with Crippen molar-refractivity contribution in [3.63, 3.8) is 0 Å². The molecule has 11 rings (SSSR count). The van der Waals surface area contributed by atoms with E-state index in [9.17, 15) is 0 Å². The van der Waals surface area contributed by atoms with Gasteiger partial charge < -0.3 is 9.80 Å². The second-order valence-corrected chi connectivity index (χ2v) is 23.8. The second kappa shape index (κ2) is 14.0. The summed E-state index contributed by atoms with van der Waals surface area (Å²) >= 11 is 1.96. The lowest BCUT2D eigenvalue weighted by molar-refractivity contribution is 0.569. The molecule has 0 fully saturated rings. The van der Waals surface area contributed by atoms with E-state index in [0.717, 1.165) is 17.1 Å². The summed E-state index contributed by atoms with van der Waals surface area (Å²) in [6.07, 6.45) is 0. The molecule has 5 heteroatoms. The van der Waals surface area contributed by atoms with Crippen molar-refractivity contribution in [1.29, 1.82) is 0 Å². The maximum absolute atomic E-state index is 2.83. The van der Waals surface area contributed by atoms with Crippen molar-refractivity contribution in [2.24, 2.45) is 0 Å². The second-order valence-electron chi connectivity index (χ2n) is 19.0. The molecule has 0 saturated heterocycles. The number of hydrogen-bond donors (Lipinski definition) is 0. The van der Waals surface area contributed by atoms with Gasteiger partial charge in [0.15, 0.2) is 8.07 Å². The van der Waals surface area contributed by atoms with Gasteiger partial charge in [-0.15, -0.1) is 0 Å². The number of hydrogen-bond acceptors (Lipinski definition) is 3. The molecule has 0 bridgehead atoms. The van der Waals surface area contributed by atoms with E-state index in [1.54, 1.807) is 0 Å². The molecule has 0 spiro atoms. The fourth-order valence-corrected chi connectivity index (χ4v) is 17.0. The molecule has 3 heterocycles. The van der Waals surface area contributed by atoms with Gasteiger partial charge in [-0.05, 0) is 114 Å². The summed E-state index contributed by atoms with van der Waals surface area (Å²) in [5.41, 5.74) is 14.2. The highest BCUT2D eigenvalue weighted by Gasteiger charge is 2.55. The van der Waals surface area contributed by atoms with E-state index in [1.165, 1.54) is 75.1 Å². The number of anilines is 6. The van der Waals surface area contributed by atoms with E-state index in [-0.39, 0.29) is 17.5 Å². The Hall–Kier alpha value is -6.01. The predicted octanol–water partition coefficient (Wildman–Crippen LogP) is 10.2. The Kier molecular flexibility index (Phi) is 8.72. The highest BCUT2D eigenvalue weighted by molar-refractivity contribution is 8.00. The van der Waals surface area contributed by atoms with Crippen LogP contribution in [0.1, 0.15) is 52.7 Å². The van der Waals surface area contributed by atoms with E-state index in [1.807, 2.05) is 11.8 Å². The summed E-state index contributed by atoms with van der Waals surface area (Å²) in [4.78, 5) is 7.78. The average molecular weight is 821 g/mol. The van der Waals surface area contributed by atoms with Crippen LogP contribution in [0.2, 0.25) is 0 Å². The molecule has 8 aromatic rings. The molecule has 3 aliphatic heterocycles. The highest BCUT2D eigenvalue weighted by Crippen LogP contribution is 2.47.